The van der Waals surface area contributed by atoms with E-state index >= 15 is 0 Å². The maximum Gasteiger partial charge on any atom is 0.242 e. The largest absolute Gasteiger partial charge is 0.339 e. The van der Waals surface area contributed by atoms with Crippen molar-refractivity contribution in [3.05, 3.63) is 0 Å². The predicted octanol–water partition coefficient (Wildman–Crippen LogP) is 0.562. The predicted molar refractivity (Wildman–Crippen MR) is 70.8 cm³/mol. The van der Waals surface area contributed by atoms with Gasteiger partial charge in [-0.25, -0.2) is 0 Å². The zero-order chi connectivity index (χ0) is 13.6. The fraction of sp³-hybridized carbons (Fsp3) is 0.846. The molecule has 0 radical (unpaired) electrons. The Kier molecular flexibility index (Phi) is 5.57. The van der Waals surface area contributed by atoms with E-state index in [1.165, 1.54) is 0 Å². The Bertz CT molecular complexity index is 311. The number of carbonyl (C=O) groups is 1. The molecule has 5 heteroatoms. The summed E-state index contributed by atoms with van der Waals surface area (Å²) in [6, 6.07) is 2.15. The summed E-state index contributed by atoms with van der Waals surface area (Å²) in [6.45, 7) is 7.86. The molecule has 18 heavy (non-hydrogen) atoms. The van der Waals surface area contributed by atoms with Crippen molar-refractivity contribution in [2.45, 2.75) is 38.6 Å². The van der Waals surface area contributed by atoms with Crippen LogP contribution < -0.4 is 5.73 Å². The summed E-state index contributed by atoms with van der Waals surface area (Å²) in [5.41, 5.74) is 5.44. The zero-order valence-electron chi connectivity index (χ0n) is 11.5. The minimum absolute atomic E-state index is 0.0763. The number of nitrogens with zero attached hydrogens (tertiary/aromatic N) is 3. The highest BCUT2D eigenvalue weighted by Crippen LogP contribution is 2.16. The molecule has 0 aromatic heterocycles. The second-order valence-electron chi connectivity index (χ2n) is 4.91. The van der Waals surface area contributed by atoms with E-state index in [9.17, 15) is 4.79 Å². The molecule has 1 rings (SSSR count). The van der Waals surface area contributed by atoms with E-state index in [0.29, 0.717) is 19.3 Å². The minimum atomic E-state index is -0.700. The third kappa shape index (κ3) is 3.44. The molecule has 1 amide bonds. The summed E-state index contributed by atoms with van der Waals surface area (Å²) >= 11 is 0. The van der Waals surface area contributed by atoms with Crippen LogP contribution in [0.3, 0.4) is 0 Å². The van der Waals surface area contributed by atoms with Gasteiger partial charge in [-0.3, -0.25) is 9.69 Å². The van der Waals surface area contributed by atoms with Crippen molar-refractivity contribution in [2.75, 3.05) is 32.7 Å². The fourth-order valence-corrected chi connectivity index (χ4v) is 2.25. The minimum Gasteiger partial charge on any atom is -0.339 e. The van der Waals surface area contributed by atoms with Crippen LogP contribution in [0.4, 0.5) is 0 Å². The molecule has 0 bridgehead atoms. The molecular weight excluding hydrogens is 228 g/mol. The smallest absolute Gasteiger partial charge is 0.242 e. The summed E-state index contributed by atoms with van der Waals surface area (Å²) in [7, 11) is 0. The van der Waals surface area contributed by atoms with Gasteiger partial charge in [-0.1, -0.05) is 13.8 Å². The van der Waals surface area contributed by atoms with Gasteiger partial charge in [-0.15, -0.1) is 0 Å². The second kappa shape index (κ2) is 6.72. The summed E-state index contributed by atoms with van der Waals surface area (Å²) in [6.07, 6.45) is 1.91. The standard InChI is InChI=1S/C13H24N4O/c1-3-13(15,4-2)12(18)17-10-8-16(9-11-17)7-5-6-14/h3-5,7-11,15H2,1-2H3. The highest BCUT2D eigenvalue weighted by molar-refractivity contribution is 5.86. The number of carbonyl (C=O) groups excluding carboxylic acids is 1. The fourth-order valence-electron chi connectivity index (χ4n) is 2.25. The molecule has 0 atom stereocenters. The van der Waals surface area contributed by atoms with Gasteiger partial charge in [0.1, 0.15) is 0 Å². The Hall–Kier alpha value is -1.12. The first-order valence-electron chi connectivity index (χ1n) is 6.75. The van der Waals surface area contributed by atoms with E-state index in [0.717, 1.165) is 32.7 Å². The van der Waals surface area contributed by atoms with Crippen molar-refractivity contribution in [3.63, 3.8) is 0 Å². The van der Waals surface area contributed by atoms with E-state index in [1.54, 1.807) is 0 Å². The lowest BCUT2D eigenvalue weighted by Crippen LogP contribution is -2.59. The Morgan fingerprint density at radius 1 is 1.28 bits per heavy atom. The highest BCUT2D eigenvalue weighted by Gasteiger charge is 2.35. The normalized spacial score (nSPS) is 17.6. The third-order valence-electron chi connectivity index (χ3n) is 3.89. The molecular formula is C13H24N4O. The van der Waals surface area contributed by atoms with Gasteiger partial charge in [-0.05, 0) is 12.8 Å². The van der Waals surface area contributed by atoms with E-state index < -0.39 is 5.54 Å². The molecule has 102 valence electrons. The van der Waals surface area contributed by atoms with Crippen molar-refractivity contribution < 1.29 is 4.79 Å². The van der Waals surface area contributed by atoms with Crippen LogP contribution in [0, 0.1) is 11.3 Å². The highest BCUT2D eigenvalue weighted by atomic mass is 16.2. The van der Waals surface area contributed by atoms with E-state index in [2.05, 4.69) is 11.0 Å². The van der Waals surface area contributed by atoms with Gasteiger partial charge >= 0.3 is 0 Å². The number of rotatable bonds is 5. The first-order valence-corrected chi connectivity index (χ1v) is 6.75. The maximum atomic E-state index is 12.3. The van der Waals surface area contributed by atoms with Crippen LogP contribution in [0.25, 0.3) is 0 Å². The Labute approximate surface area is 110 Å². The van der Waals surface area contributed by atoms with Gasteiger partial charge in [0.05, 0.1) is 11.6 Å². The number of hydrogen-bond acceptors (Lipinski definition) is 4. The summed E-state index contributed by atoms with van der Waals surface area (Å²) in [4.78, 5) is 16.4. The van der Waals surface area contributed by atoms with Crippen LogP contribution in [-0.2, 0) is 4.79 Å². The summed E-state index contributed by atoms with van der Waals surface area (Å²) in [5, 5.41) is 8.55. The Morgan fingerprint density at radius 3 is 2.28 bits per heavy atom. The quantitative estimate of drug-likeness (QED) is 0.776. The molecule has 1 aliphatic rings. The molecule has 0 aromatic carbocycles. The molecule has 0 aliphatic carbocycles. The molecule has 5 nitrogen and oxygen atoms in total. The molecule has 0 saturated carbocycles. The van der Waals surface area contributed by atoms with Crippen LogP contribution in [0.2, 0.25) is 0 Å². The van der Waals surface area contributed by atoms with Gasteiger partial charge < -0.3 is 10.6 Å². The number of nitriles is 1. The average Bonchev–Trinajstić information content (AvgIpc) is 2.44. The molecule has 1 aliphatic heterocycles. The molecule has 0 spiro atoms. The lowest BCUT2D eigenvalue weighted by atomic mass is 9.92. The van der Waals surface area contributed by atoms with E-state index in [1.807, 2.05) is 18.7 Å². The Morgan fingerprint density at radius 2 is 1.83 bits per heavy atom. The SMILES string of the molecule is CCC(N)(CC)C(=O)N1CCN(CCC#N)CC1. The third-order valence-corrected chi connectivity index (χ3v) is 3.89. The van der Waals surface area contributed by atoms with Gasteiger partial charge in [0, 0.05) is 39.1 Å². The van der Waals surface area contributed by atoms with Crippen molar-refractivity contribution in [1.29, 1.82) is 5.26 Å². The molecule has 1 saturated heterocycles. The van der Waals surface area contributed by atoms with Crippen molar-refractivity contribution in [3.8, 4) is 6.07 Å². The lowest BCUT2D eigenvalue weighted by Gasteiger charge is -2.39. The molecule has 1 heterocycles. The molecule has 0 unspecified atom stereocenters. The van der Waals surface area contributed by atoms with Crippen molar-refractivity contribution in [2.24, 2.45) is 5.73 Å². The maximum absolute atomic E-state index is 12.3. The monoisotopic (exact) mass is 252 g/mol. The van der Waals surface area contributed by atoms with Crippen LogP contribution in [0.5, 0.6) is 0 Å². The molecule has 1 fully saturated rings. The number of piperazine rings is 1. The van der Waals surface area contributed by atoms with E-state index in [-0.39, 0.29) is 5.91 Å². The number of nitrogens with two attached hydrogens (primary N) is 1. The zero-order valence-corrected chi connectivity index (χ0v) is 11.5. The van der Waals surface area contributed by atoms with Gasteiger partial charge in [-0.2, -0.15) is 5.26 Å². The van der Waals surface area contributed by atoms with Gasteiger partial charge in [0.15, 0.2) is 0 Å². The van der Waals surface area contributed by atoms with Crippen molar-refractivity contribution >= 4 is 5.91 Å². The lowest BCUT2D eigenvalue weighted by molar-refractivity contribution is -0.139. The first kappa shape index (κ1) is 14.9. The van der Waals surface area contributed by atoms with Gasteiger partial charge in [0.25, 0.3) is 0 Å². The topological polar surface area (TPSA) is 73.4 Å². The van der Waals surface area contributed by atoms with Gasteiger partial charge in [0.2, 0.25) is 5.91 Å². The number of amides is 1. The van der Waals surface area contributed by atoms with Crippen LogP contribution >= 0.6 is 0 Å². The second-order valence-corrected chi connectivity index (χ2v) is 4.91. The Balaban J connectivity index is 2.48. The molecule has 2 N–H and O–H groups in total. The van der Waals surface area contributed by atoms with E-state index in [4.69, 9.17) is 11.0 Å². The van der Waals surface area contributed by atoms with Crippen molar-refractivity contribution in [1.82, 2.24) is 9.80 Å². The van der Waals surface area contributed by atoms with Crippen LogP contribution in [-0.4, -0.2) is 54.0 Å². The summed E-state index contributed by atoms with van der Waals surface area (Å²) in [5.74, 6) is 0.0763. The average molecular weight is 252 g/mol. The summed E-state index contributed by atoms with van der Waals surface area (Å²) < 4.78 is 0. The molecule has 0 aromatic rings. The van der Waals surface area contributed by atoms with Crippen LogP contribution in [0.1, 0.15) is 33.1 Å². The first-order chi connectivity index (χ1) is 8.57. The number of hydrogen-bond donors (Lipinski definition) is 1. The van der Waals surface area contributed by atoms with Crippen LogP contribution in [0.15, 0.2) is 0 Å².